The summed E-state index contributed by atoms with van der Waals surface area (Å²) in [4.78, 5) is 21.8. The van der Waals surface area contributed by atoms with Crippen molar-refractivity contribution in [3.8, 4) is 0 Å². The van der Waals surface area contributed by atoms with Crippen molar-refractivity contribution in [2.75, 3.05) is 0 Å². The van der Waals surface area contributed by atoms with Crippen LogP contribution in [0.4, 0.5) is 0 Å². The molecule has 0 saturated carbocycles. The first-order valence-corrected chi connectivity index (χ1v) is 7.51. The predicted molar refractivity (Wildman–Crippen MR) is 75.0 cm³/mol. The zero-order chi connectivity index (χ0) is 14.5. The Hall–Kier alpha value is -1.06. The molecule has 0 rings (SSSR count). The van der Waals surface area contributed by atoms with Crippen LogP contribution < -0.4 is 0 Å². The monoisotopic (exact) mass is 272 g/mol. The van der Waals surface area contributed by atoms with Gasteiger partial charge in [-0.1, -0.05) is 39.5 Å². The summed E-state index contributed by atoms with van der Waals surface area (Å²) >= 11 is 0. The minimum Gasteiger partial charge on any atom is -0.481 e. The van der Waals surface area contributed by atoms with E-state index in [9.17, 15) is 9.59 Å². The van der Waals surface area contributed by atoms with Crippen molar-refractivity contribution in [2.24, 2.45) is 0 Å². The number of hydrogen-bond acceptors (Lipinski definition) is 3. The average molecular weight is 272 g/mol. The van der Waals surface area contributed by atoms with Gasteiger partial charge < -0.3 is 9.84 Å². The van der Waals surface area contributed by atoms with E-state index in [1.165, 1.54) is 0 Å². The van der Waals surface area contributed by atoms with Crippen molar-refractivity contribution in [2.45, 2.75) is 84.2 Å². The molecule has 4 nitrogen and oxygen atoms in total. The molecule has 0 atom stereocenters. The van der Waals surface area contributed by atoms with Crippen LogP contribution in [0.15, 0.2) is 0 Å². The maximum atomic E-state index is 11.5. The highest BCUT2D eigenvalue weighted by Crippen LogP contribution is 2.10. The number of hydrogen-bond donors (Lipinski definition) is 1. The van der Waals surface area contributed by atoms with Crippen LogP contribution in [-0.4, -0.2) is 23.1 Å². The maximum Gasteiger partial charge on any atom is 0.306 e. The molecule has 0 amide bonds. The second kappa shape index (κ2) is 12.0. The van der Waals surface area contributed by atoms with E-state index >= 15 is 0 Å². The maximum absolute atomic E-state index is 11.5. The third kappa shape index (κ3) is 11.7. The molecule has 0 bridgehead atoms. The number of ether oxygens (including phenoxy) is 1. The van der Waals surface area contributed by atoms with Crippen molar-refractivity contribution < 1.29 is 19.4 Å². The Morgan fingerprint density at radius 2 is 1.37 bits per heavy atom. The van der Waals surface area contributed by atoms with E-state index in [-0.39, 0.29) is 18.5 Å². The number of carbonyl (C=O) groups excluding carboxylic acids is 1. The molecule has 0 heterocycles. The fourth-order valence-corrected chi connectivity index (χ4v) is 1.95. The van der Waals surface area contributed by atoms with Gasteiger partial charge in [0.2, 0.25) is 0 Å². The highest BCUT2D eigenvalue weighted by molar-refractivity contribution is 5.69. The van der Waals surface area contributed by atoms with Gasteiger partial charge in [0.25, 0.3) is 0 Å². The van der Waals surface area contributed by atoms with Gasteiger partial charge in [0.1, 0.15) is 6.10 Å². The number of aliphatic carboxylic acids is 1. The molecule has 0 aromatic carbocycles. The number of carbonyl (C=O) groups is 2. The quantitative estimate of drug-likeness (QED) is 0.432. The molecule has 0 unspecified atom stereocenters. The third-order valence-electron chi connectivity index (χ3n) is 3.23. The van der Waals surface area contributed by atoms with Gasteiger partial charge in [-0.05, 0) is 25.7 Å². The van der Waals surface area contributed by atoms with E-state index in [1.54, 1.807) is 0 Å². The number of carboxylic acids is 1. The molecule has 19 heavy (non-hydrogen) atoms. The summed E-state index contributed by atoms with van der Waals surface area (Å²) in [6.45, 7) is 4.05. The van der Waals surface area contributed by atoms with Crippen molar-refractivity contribution in [1.82, 2.24) is 0 Å². The molecule has 4 heteroatoms. The smallest absolute Gasteiger partial charge is 0.306 e. The summed E-state index contributed by atoms with van der Waals surface area (Å²) in [6, 6.07) is 0. The fourth-order valence-electron chi connectivity index (χ4n) is 1.95. The molecule has 0 spiro atoms. The van der Waals surface area contributed by atoms with Gasteiger partial charge in [-0.25, -0.2) is 0 Å². The van der Waals surface area contributed by atoms with Crippen LogP contribution in [0.25, 0.3) is 0 Å². The normalized spacial score (nSPS) is 10.7. The minimum absolute atomic E-state index is 0.0727. The first kappa shape index (κ1) is 17.9. The molecule has 0 fully saturated rings. The highest BCUT2D eigenvalue weighted by atomic mass is 16.5. The Morgan fingerprint density at radius 3 is 1.84 bits per heavy atom. The molecule has 0 aliphatic rings. The van der Waals surface area contributed by atoms with Crippen molar-refractivity contribution in [1.29, 1.82) is 0 Å². The molecule has 112 valence electrons. The minimum atomic E-state index is -0.718. The third-order valence-corrected chi connectivity index (χ3v) is 3.23. The van der Waals surface area contributed by atoms with Crippen LogP contribution in [0, 0.1) is 0 Å². The standard InChI is InChI=1S/C15H28O4/c1-3-13(4-2)19-15(18)12-10-8-6-5-7-9-11-14(16)17/h13H,3-12H2,1-2H3,(H,16,17). The summed E-state index contributed by atoms with van der Waals surface area (Å²) in [5, 5.41) is 8.48. The first-order chi connectivity index (χ1) is 9.10. The van der Waals surface area contributed by atoms with Crippen LogP contribution >= 0.6 is 0 Å². The van der Waals surface area contributed by atoms with Gasteiger partial charge in [0.15, 0.2) is 0 Å². The second-order valence-electron chi connectivity index (χ2n) is 4.94. The van der Waals surface area contributed by atoms with Crippen molar-refractivity contribution in [3.63, 3.8) is 0 Å². The summed E-state index contributed by atoms with van der Waals surface area (Å²) in [7, 11) is 0. The molecule has 0 aromatic heterocycles. The summed E-state index contributed by atoms with van der Waals surface area (Å²) in [5.74, 6) is -0.802. The van der Waals surface area contributed by atoms with Crippen molar-refractivity contribution in [3.05, 3.63) is 0 Å². The largest absolute Gasteiger partial charge is 0.481 e. The number of esters is 1. The van der Waals surface area contributed by atoms with Gasteiger partial charge in [-0.15, -0.1) is 0 Å². The molecule has 0 saturated heterocycles. The molecule has 0 aromatic rings. The van der Waals surface area contributed by atoms with Crippen LogP contribution in [0.2, 0.25) is 0 Å². The van der Waals surface area contributed by atoms with E-state index in [2.05, 4.69) is 0 Å². The molecule has 0 aliphatic heterocycles. The van der Waals surface area contributed by atoms with Gasteiger partial charge in [0.05, 0.1) is 0 Å². The lowest BCUT2D eigenvalue weighted by Crippen LogP contribution is -2.16. The summed E-state index contributed by atoms with van der Waals surface area (Å²) in [6.07, 6.45) is 8.33. The van der Waals surface area contributed by atoms with E-state index in [0.29, 0.717) is 6.42 Å². The van der Waals surface area contributed by atoms with E-state index < -0.39 is 5.97 Å². The predicted octanol–water partition coefficient (Wildman–Crippen LogP) is 3.92. The Morgan fingerprint density at radius 1 is 0.895 bits per heavy atom. The highest BCUT2D eigenvalue weighted by Gasteiger charge is 2.09. The Labute approximate surface area is 116 Å². The van der Waals surface area contributed by atoms with Gasteiger partial charge in [-0.2, -0.15) is 0 Å². The van der Waals surface area contributed by atoms with E-state index in [1.807, 2.05) is 13.8 Å². The van der Waals surface area contributed by atoms with Crippen molar-refractivity contribution >= 4 is 11.9 Å². The Bertz CT molecular complexity index is 247. The van der Waals surface area contributed by atoms with E-state index in [4.69, 9.17) is 9.84 Å². The van der Waals surface area contributed by atoms with Crippen LogP contribution in [-0.2, 0) is 14.3 Å². The zero-order valence-corrected chi connectivity index (χ0v) is 12.3. The zero-order valence-electron chi connectivity index (χ0n) is 12.3. The van der Waals surface area contributed by atoms with Crippen LogP contribution in [0.1, 0.15) is 78.1 Å². The molecule has 1 N–H and O–H groups in total. The first-order valence-electron chi connectivity index (χ1n) is 7.51. The lowest BCUT2D eigenvalue weighted by molar-refractivity contribution is -0.149. The fraction of sp³-hybridized carbons (Fsp3) is 0.867. The summed E-state index contributed by atoms with van der Waals surface area (Å²) < 4.78 is 5.32. The van der Waals surface area contributed by atoms with Crippen LogP contribution in [0.3, 0.4) is 0 Å². The van der Waals surface area contributed by atoms with Gasteiger partial charge in [-0.3, -0.25) is 9.59 Å². The molecule has 0 radical (unpaired) electrons. The molecular formula is C15H28O4. The number of rotatable bonds is 12. The Balaban J connectivity index is 3.34. The molecular weight excluding hydrogens is 244 g/mol. The second-order valence-corrected chi connectivity index (χ2v) is 4.94. The average Bonchev–Trinajstić information content (AvgIpc) is 2.38. The number of carboxylic acid groups (broad SMARTS) is 1. The lowest BCUT2D eigenvalue weighted by Gasteiger charge is -2.13. The van der Waals surface area contributed by atoms with Crippen LogP contribution in [0.5, 0.6) is 0 Å². The van der Waals surface area contributed by atoms with E-state index in [0.717, 1.165) is 51.4 Å². The van der Waals surface area contributed by atoms with Gasteiger partial charge >= 0.3 is 11.9 Å². The Kier molecular flexibility index (Phi) is 11.3. The molecule has 0 aliphatic carbocycles. The summed E-state index contributed by atoms with van der Waals surface area (Å²) in [5.41, 5.74) is 0. The lowest BCUT2D eigenvalue weighted by atomic mass is 10.1. The number of unbranched alkanes of at least 4 members (excludes halogenated alkanes) is 5. The van der Waals surface area contributed by atoms with Gasteiger partial charge in [0, 0.05) is 12.8 Å². The SMILES string of the molecule is CCC(CC)OC(=O)CCCCCCCCC(=O)O. The topological polar surface area (TPSA) is 63.6 Å².